The summed E-state index contributed by atoms with van der Waals surface area (Å²) in [6, 6.07) is 17.5. The molecule has 4 rings (SSSR count). The van der Waals surface area contributed by atoms with Crippen molar-refractivity contribution in [3.63, 3.8) is 0 Å². The Bertz CT molecular complexity index is 727. The lowest BCUT2D eigenvalue weighted by Crippen LogP contribution is -2.10. The molecule has 2 aromatic carbocycles. The molecule has 112 valence electrons. The molecule has 0 heterocycles. The Kier molecular flexibility index (Phi) is 3.29. The van der Waals surface area contributed by atoms with Gasteiger partial charge in [0.05, 0.1) is 7.11 Å². The van der Waals surface area contributed by atoms with E-state index < -0.39 is 0 Å². The Morgan fingerprint density at radius 2 is 1.86 bits per heavy atom. The summed E-state index contributed by atoms with van der Waals surface area (Å²) in [7, 11) is 1.75. The van der Waals surface area contributed by atoms with E-state index in [1.807, 2.05) is 0 Å². The molecular weight excluding hydrogens is 268 g/mol. The summed E-state index contributed by atoms with van der Waals surface area (Å²) in [4.78, 5) is 0. The Balaban J connectivity index is 1.95. The second-order valence-electron chi connectivity index (χ2n) is 6.50. The summed E-state index contributed by atoms with van der Waals surface area (Å²) in [5.41, 5.74) is 7.45. The van der Waals surface area contributed by atoms with Crippen molar-refractivity contribution >= 4 is 11.1 Å². The first kappa shape index (κ1) is 13.6. The van der Waals surface area contributed by atoms with Gasteiger partial charge in [0.1, 0.15) is 5.75 Å². The molecule has 2 atom stereocenters. The first-order valence-electron chi connectivity index (χ1n) is 8.26. The zero-order valence-electron chi connectivity index (χ0n) is 13.3. The van der Waals surface area contributed by atoms with Crippen molar-refractivity contribution in [1.82, 2.24) is 0 Å². The van der Waals surface area contributed by atoms with Crippen LogP contribution in [0.4, 0.5) is 0 Å². The molecule has 0 aromatic heterocycles. The maximum atomic E-state index is 5.47. The second-order valence-corrected chi connectivity index (χ2v) is 6.50. The lowest BCUT2D eigenvalue weighted by Gasteiger charge is -2.26. The van der Waals surface area contributed by atoms with Crippen molar-refractivity contribution < 1.29 is 4.74 Å². The summed E-state index contributed by atoms with van der Waals surface area (Å²) < 4.78 is 5.47. The summed E-state index contributed by atoms with van der Waals surface area (Å²) >= 11 is 0. The zero-order chi connectivity index (χ0) is 15.1. The summed E-state index contributed by atoms with van der Waals surface area (Å²) in [6.07, 6.45) is 3.80. The van der Waals surface area contributed by atoms with E-state index in [1.54, 1.807) is 18.3 Å². The molecule has 1 nitrogen and oxygen atoms in total. The molecule has 0 spiro atoms. The van der Waals surface area contributed by atoms with E-state index in [0.717, 1.165) is 5.75 Å². The van der Waals surface area contributed by atoms with Crippen molar-refractivity contribution in [2.45, 2.75) is 32.1 Å². The summed E-state index contributed by atoms with van der Waals surface area (Å²) in [5, 5.41) is 0. The van der Waals surface area contributed by atoms with E-state index >= 15 is 0 Å². The third-order valence-electron chi connectivity index (χ3n) is 5.40. The van der Waals surface area contributed by atoms with Crippen LogP contribution >= 0.6 is 0 Å². The molecule has 0 aliphatic heterocycles. The van der Waals surface area contributed by atoms with Gasteiger partial charge in [0.2, 0.25) is 0 Å². The minimum Gasteiger partial charge on any atom is -0.497 e. The fourth-order valence-electron chi connectivity index (χ4n) is 4.31. The fourth-order valence-corrected chi connectivity index (χ4v) is 4.31. The van der Waals surface area contributed by atoms with E-state index in [4.69, 9.17) is 4.74 Å². The van der Waals surface area contributed by atoms with Crippen molar-refractivity contribution in [3.8, 4) is 5.75 Å². The van der Waals surface area contributed by atoms with Crippen LogP contribution < -0.4 is 4.74 Å². The fraction of sp³-hybridized carbons (Fsp3) is 0.333. The first-order chi connectivity index (χ1) is 10.8. The Labute approximate surface area is 132 Å². The molecule has 0 fully saturated rings. The Hall–Kier alpha value is -2.02. The normalized spacial score (nSPS) is 23.2. The van der Waals surface area contributed by atoms with Crippen molar-refractivity contribution in [2.24, 2.45) is 5.92 Å². The van der Waals surface area contributed by atoms with Gasteiger partial charge in [-0.3, -0.25) is 0 Å². The van der Waals surface area contributed by atoms with Crippen LogP contribution in [0.15, 0.2) is 48.5 Å². The third kappa shape index (κ3) is 1.99. The third-order valence-corrected chi connectivity index (χ3v) is 5.40. The predicted octanol–water partition coefficient (Wildman–Crippen LogP) is 5.52. The summed E-state index contributed by atoms with van der Waals surface area (Å²) in [6.45, 7) is 2.39. The lowest BCUT2D eigenvalue weighted by atomic mass is 9.78. The van der Waals surface area contributed by atoms with Gasteiger partial charge in [-0.05, 0) is 71.1 Å². The molecule has 0 saturated heterocycles. The lowest BCUT2D eigenvalue weighted by molar-refractivity contribution is 0.414. The standard InChI is InChI=1S/C21H22O/c1-14-17-12-11-16(22-2)13-20(17)21-18(14)9-6-10-19(21)15-7-4-3-5-8-15/h3-5,7-8,11-14,18H,6,9-10H2,1-2H3/t14-,18+/m1/s1. The highest BCUT2D eigenvalue weighted by atomic mass is 16.5. The van der Waals surface area contributed by atoms with Gasteiger partial charge in [-0.1, -0.05) is 43.3 Å². The number of hydrogen-bond acceptors (Lipinski definition) is 1. The van der Waals surface area contributed by atoms with E-state index in [2.05, 4.69) is 55.5 Å². The maximum absolute atomic E-state index is 5.47. The van der Waals surface area contributed by atoms with Gasteiger partial charge in [-0.15, -0.1) is 0 Å². The van der Waals surface area contributed by atoms with Crippen LogP contribution in [0.2, 0.25) is 0 Å². The van der Waals surface area contributed by atoms with Gasteiger partial charge in [0.15, 0.2) is 0 Å². The van der Waals surface area contributed by atoms with Crippen LogP contribution in [-0.4, -0.2) is 7.11 Å². The molecule has 0 bridgehead atoms. The number of fused-ring (bicyclic) bond motifs is 3. The van der Waals surface area contributed by atoms with Crippen LogP contribution in [0.25, 0.3) is 11.1 Å². The van der Waals surface area contributed by atoms with Crippen LogP contribution in [0.1, 0.15) is 48.8 Å². The molecule has 2 aromatic rings. The van der Waals surface area contributed by atoms with Crippen molar-refractivity contribution in [2.75, 3.05) is 7.11 Å². The van der Waals surface area contributed by atoms with Gasteiger partial charge in [-0.2, -0.15) is 0 Å². The highest BCUT2D eigenvalue weighted by Gasteiger charge is 2.37. The zero-order valence-corrected chi connectivity index (χ0v) is 13.3. The number of benzene rings is 2. The predicted molar refractivity (Wildman–Crippen MR) is 92.0 cm³/mol. The average Bonchev–Trinajstić information content (AvgIpc) is 2.88. The number of ether oxygens (including phenoxy) is 1. The van der Waals surface area contributed by atoms with Gasteiger partial charge in [0, 0.05) is 0 Å². The van der Waals surface area contributed by atoms with E-state index in [-0.39, 0.29) is 0 Å². The topological polar surface area (TPSA) is 9.23 Å². The Morgan fingerprint density at radius 3 is 2.64 bits per heavy atom. The SMILES string of the molecule is COc1ccc2c(c1)C1=C(c3ccccc3)CCC[C@H]1[C@@H]2C. The number of rotatable bonds is 2. The van der Waals surface area contributed by atoms with Crippen LogP contribution in [-0.2, 0) is 0 Å². The van der Waals surface area contributed by atoms with Gasteiger partial charge in [-0.25, -0.2) is 0 Å². The summed E-state index contributed by atoms with van der Waals surface area (Å²) in [5.74, 6) is 2.26. The average molecular weight is 290 g/mol. The van der Waals surface area contributed by atoms with E-state index in [1.165, 1.54) is 36.0 Å². The molecule has 0 amide bonds. The highest BCUT2D eigenvalue weighted by Crippen LogP contribution is 2.54. The smallest absolute Gasteiger partial charge is 0.119 e. The van der Waals surface area contributed by atoms with Crippen molar-refractivity contribution in [1.29, 1.82) is 0 Å². The maximum Gasteiger partial charge on any atom is 0.119 e. The molecule has 22 heavy (non-hydrogen) atoms. The van der Waals surface area contributed by atoms with Gasteiger partial charge < -0.3 is 4.74 Å². The van der Waals surface area contributed by atoms with Crippen LogP contribution in [0.5, 0.6) is 5.75 Å². The molecule has 2 aliphatic rings. The van der Waals surface area contributed by atoms with E-state index in [9.17, 15) is 0 Å². The van der Waals surface area contributed by atoms with Crippen LogP contribution in [0, 0.1) is 5.92 Å². The number of allylic oxidation sites excluding steroid dienone is 2. The van der Waals surface area contributed by atoms with Crippen LogP contribution in [0.3, 0.4) is 0 Å². The highest BCUT2D eigenvalue weighted by molar-refractivity contribution is 5.96. The molecule has 0 radical (unpaired) electrons. The molecule has 0 unspecified atom stereocenters. The molecule has 0 saturated carbocycles. The number of methoxy groups -OCH3 is 1. The first-order valence-corrected chi connectivity index (χ1v) is 8.26. The molecule has 0 N–H and O–H groups in total. The van der Waals surface area contributed by atoms with Crippen molar-refractivity contribution in [3.05, 3.63) is 65.2 Å². The minimum absolute atomic E-state index is 0.620. The second kappa shape index (κ2) is 5.31. The molecular formula is C21H22O. The minimum atomic E-state index is 0.620. The quantitative estimate of drug-likeness (QED) is 0.707. The number of hydrogen-bond donors (Lipinski definition) is 0. The van der Waals surface area contributed by atoms with Gasteiger partial charge in [0.25, 0.3) is 0 Å². The molecule has 2 aliphatic carbocycles. The monoisotopic (exact) mass is 290 g/mol. The van der Waals surface area contributed by atoms with Gasteiger partial charge >= 0.3 is 0 Å². The largest absolute Gasteiger partial charge is 0.497 e. The Morgan fingerprint density at radius 1 is 1.05 bits per heavy atom. The van der Waals surface area contributed by atoms with E-state index in [0.29, 0.717) is 11.8 Å². The molecule has 1 heteroatoms.